The Labute approximate surface area is 224 Å². The standard InChI is InChI=1S/C25H45B2N7O3/c26-25(27,24-33-32-22(34(24)11-12-35)20-8-10-28-15-29-20)31-17-5-3-4-16(14-17)23(36)30-19-9-13-37-21-7-2-1-6-18(19)21/h16-22,24,28-29,31-33,35H,1-15H2,(H,30,36). The molecule has 0 aromatic rings. The van der Waals surface area contributed by atoms with Gasteiger partial charge in [-0.15, -0.1) is 0 Å². The molecule has 12 heteroatoms. The number of β-amino-alcohol motifs (C(OH)–C–C–N with tert-alkyl or cyclic N) is 1. The van der Waals surface area contributed by atoms with E-state index in [0.29, 0.717) is 18.6 Å². The maximum absolute atomic E-state index is 13.4. The van der Waals surface area contributed by atoms with Gasteiger partial charge in [0.15, 0.2) is 0 Å². The molecule has 8 atom stereocenters. The number of aliphatic hydroxyl groups is 1. The first-order valence-electron chi connectivity index (χ1n) is 14.6. The normalized spacial score (nSPS) is 39.7. The van der Waals surface area contributed by atoms with E-state index < -0.39 is 11.5 Å². The molecular formula is C25H45B2N7O3. The number of fused-ring (bicyclic) bond motifs is 1. The van der Waals surface area contributed by atoms with Crippen LogP contribution in [0.15, 0.2) is 0 Å². The summed E-state index contributed by atoms with van der Waals surface area (Å²) in [5, 5.41) is 22.2. The van der Waals surface area contributed by atoms with Crippen molar-refractivity contribution in [1.29, 1.82) is 0 Å². The number of nitrogens with zero attached hydrogens (tertiary/aromatic N) is 1. The van der Waals surface area contributed by atoms with E-state index >= 15 is 0 Å². The van der Waals surface area contributed by atoms with Crippen molar-refractivity contribution in [2.24, 2.45) is 11.8 Å². The second-order valence-corrected chi connectivity index (χ2v) is 11.8. The van der Waals surface area contributed by atoms with Gasteiger partial charge in [0.1, 0.15) is 0 Å². The molecule has 10 nitrogen and oxygen atoms in total. The van der Waals surface area contributed by atoms with Gasteiger partial charge in [-0.25, -0.2) is 10.9 Å². The van der Waals surface area contributed by atoms with Crippen molar-refractivity contribution in [1.82, 2.24) is 37.0 Å². The fourth-order valence-electron chi connectivity index (χ4n) is 7.35. The minimum Gasteiger partial charge on any atom is -0.395 e. The Morgan fingerprint density at radius 3 is 2.76 bits per heavy atom. The molecule has 2 saturated carbocycles. The number of amides is 1. The Morgan fingerprint density at radius 1 is 1.08 bits per heavy atom. The molecule has 0 aromatic carbocycles. The van der Waals surface area contributed by atoms with E-state index in [1.807, 2.05) is 0 Å². The van der Waals surface area contributed by atoms with Crippen LogP contribution in [-0.2, 0) is 9.53 Å². The molecule has 2 aliphatic carbocycles. The van der Waals surface area contributed by atoms with E-state index in [9.17, 15) is 9.90 Å². The molecule has 3 saturated heterocycles. The molecular weight excluding hydrogens is 468 g/mol. The average Bonchev–Trinajstić information content (AvgIpc) is 3.34. The maximum Gasteiger partial charge on any atom is 0.223 e. The highest BCUT2D eigenvalue weighted by Crippen LogP contribution is 2.34. The summed E-state index contributed by atoms with van der Waals surface area (Å²) in [5.41, 5.74) is 6.63. The zero-order chi connectivity index (χ0) is 25.8. The molecule has 7 N–H and O–H groups in total. The molecule has 0 spiro atoms. The number of nitrogens with one attached hydrogen (secondary N) is 6. The topological polar surface area (TPSA) is 122 Å². The lowest BCUT2D eigenvalue weighted by atomic mass is 9.58. The summed E-state index contributed by atoms with van der Waals surface area (Å²) in [6.07, 6.45) is 9.95. The minimum absolute atomic E-state index is 0.0111. The first-order valence-corrected chi connectivity index (χ1v) is 14.6. The van der Waals surface area contributed by atoms with Crippen molar-refractivity contribution in [3.05, 3.63) is 0 Å². The van der Waals surface area contributed by atoms with E-state index in [1.165, 1.54) is 12.8 Å². The number of hydrogen-bond acceptors (Lipinski definition) is 9. The van der Waals surface area contributed by atoms with Gasteiger partial charge in [-0.3, -0.25) is 15.0 Å². The van der Waals surface area contributed by atoms with Crippen molar-refractivity contribution in [3.8, 4) is 0 Å². The van der Waals surface area contributed by atoms with Crippen molar-refractivity contribution in [2.75, 3.05) is 33.0 Å². The molecule has 204 valence electrons. The fourth-order valence-corrected chi connectivity index (χ4v) is 7.35. The molecule has 4 radical (unpaired) electrons. The third kappa shape index (κ3) is 6.54. The first-order chi connectivity index (χ1) is 18.0. The lowest BCUT2D eigenvalue weighted by molar-refractivity contribution is -0.130. The van der Waals surface area contributed by atoms with Crippen molar-refractivity contribution in [2.45, 2.75) is 106 Å². The van der Waals surface area contributed by atoms with Gasteiger partial charge >= 0.3 is 0 Å². The molecule has 5 fully saturated rings. The number of hydrazine groups is 1. The largest absolute Gasteiger partial charge is 0.395 e. The number of rotatable bonds is 8. The van der Waals surface area contributed by atoms with Gasteiger partial charge in [-0.2, -0.15) is 0 Å². The zero-order valence-corrected chi connectivity index (χ0v) is 22.1. The summed E-state index contributed by atoms with van der Waals surface area (Å²) in [7, 11) is 13.4. The van der Waals surface area contributed by atoms with Gasteiger partial charge in [0.25, 0.3) is 0 Å². The number of ether oxygens (including phenoxy) is 1. The molecule has 37 heavy (non-hydrogen) atoms. The van der Waals surface area contributed by atoms with E-state index in [0.717, 1.165) is 71.2 Å². The van der Waals surface area contributed by atoms with Crippen LogP contribution in [-0.4, -0.2) is 106 Å². The second-order valence-electron chi connectivity index (χ2n) is 11.8. The van der Waals surface area contributed by atoms with E-state index in [2.05, 4.69) is 37.0 Å². The quantitative estimate of drug-likeness (QED) is 0.196. The second kappa shape index (κ2) is 12.6. The summed E-state index contributed by atoms with van der Waals surface area (Å²) < 4.78 is 6.01. The highest BCUT2D eigenvalue weighted by Gasteiger charge is 2.45. The van der Waals surface area contributed by atoms with Crippen LogP contribution in [0.25, 0.3) is 0 Å². The van der Waals surface area contributed by atoms with Crippen LogP contribution in [0.2, 0.25) is 0 Å². The Morgan fingerprint density at radius 2 is 1.95 bits per heavy atom. The van der Waals surface area contributed by atoms with Gasteiger partial charge in [0.2, 0.25) is 5.91 Å². The molecule has 5 rings (SSSR count). The smallest absolute Gasteiger partial charge is 0.223 e. The van der Waals surface area contributed by atoms with E-state index in [-0.39, 0.29) is 42.7 Å². The highest BCUT2D eigenvalue weighted by atomic mass is 16.5. The summed E-state index contributed by atoms with van der Waals surface area (Å²) in [6, 6.07) is 0.479. The highest BCUT2D eigenvalue weighted by molar-refractivity contribution is 6.40. The first kappa shape index (κ1) is 27.8. The number of aliphatic hydroxyl groups excluding tert-OH is 1. The molecule has 0 aromatic heterocycles. The van der Waals surface area contributed by atoms with Crippen molar-refractivity contribution in [3.63, 3.8) is 0 Å². The molecule has 0 bridgehead atoms. The predicted molar refractivity (Wildman–Crippen MR) is 143 cm³/mol. The monoisotopic (exact) mass is 513 g/mol. The van der Waals surface area contributed by atoms with Crippen molar-refractivity contribution < 1.29 is 14.6 Å². The Kier molecular flexibility index (Phi) is 9.50. The van der Waals surface area contributed by atoms with Crippen LogP contribution in [0.1, 0.15) is 64.2 Å². The Hall–Kier alpha value is -0.720. The van der Waals surface area contributed by atoms with Gasteiger partial charge in [-0.1, -0.05) is 19.3 Å². The molecule has 1 amide bonds. The molecule has 3 heterocycles. The number of carbonyl (C=O) groups is 1. The van der Waals surface area contributed by atoms with Gasteiger partial charge in [0.05, 0.1) is 40.7 Å². The zero-order valence-electron chi connectivity index (χ0n) is 22.1. The van der Waals surface area contributed by atoms with Crippen LogP contribution in [0.3, 0.4) is 0 Å². The van der Waals surface area contributed by atoms with Crippen LogP contribution < -0.4 is 32.1 Å². The van der Waals surface area contributed by atoms with Crippen LogP contribution >= 0.6 is 0 Å². The third-order valence-electron chi connectivity index (χ3n) is 9.23. The third-order valence-corrected chi connectivity index (χ3v) is 9.23. The summed E-state index contributed by atoms with van der Waals surface area (Å²) in [4.78, 5) is 15.5. The average molecular weight is 513 g/mol. The summed E-state index contributed by atoms with van der Waals surface area (Å²) in [6.45, 7) is 2.88. The SMILES string of the molecule is [B]C([B])(NC1CCCC(C(=O)NC2CCOC3CCCCC23)C1)C1NNC(C2CCNCN2)N1CCO. The van der Waals surface area contributed by atoms with Crippen LogP contribution in [0.5, 0.6) is 0 Å². The molecule has 8 unspecified atom stereocenters. The van der Waals surface area contributed by atoms with Crippen LogP contribution in [0.4, 0.5) is 0 Å². The lowest BCUT2D eigenvalue weighted by Gasteiger charge is -2.45. The molecule has 3 aliphatic heterocycles. The Bertz CT molecular complexity index is 758. The number of hydrogen-bond donors (Lipinski definition) is 7. The van der Waals surface area contributed by atoms with Gasteiger partial charge < -0.3 is 25.8 Å². The van der Waals surface area contributed by atoms with Gasteiger partial charge in [0, 0.05) is 49.8 Å². The fraction of sp³-hybridized carbons (Fsp3) is 0.960. The molecule has 5 aliphatic rings. The summed E-state index contributed by atoms with van der Waals surface area (Å²) >= 11 is 0. The lowest BCUT2D eigenvalue weighted by Crippen LogP contribution is -2.68. The predicted octanol–water partition coefficient (Wildman–Crippen LogP) is -1.45. The van der Waals surface area contributed by atoms with E-state index in [4.69, 9.17) is 20.4 Å². The number of carbonyl (C=O) groups excluding carboxylic acids is 1. The minimum atomic E-state index is -1.25. The van der Waals surface area contributed by atoms with E-state index in [1.54, 1.807) is 0 Å². The van der Waals surface area contributed by atoms with Gasteiger partial charge in [-0.05, 0) is 56.8 Å². The maximum atomic E-state index is 13.4. The van der Waals surface area contributed by atoms with Crippen molar-refractivity contribution >= 4 is 21.6 Å². The Balaban J connectivity index is 1.17. The summed E-state index contributed by atoms with van der Waals surface area (Å²) in [5.74, 6) is 0.578. The van der Waals surface area contributed by atoms with Crippen LogP contribution in [0, 0.1) is 11.8 Å².